The highest BCUT2D eigenvalue weighted by molar-refractivity contribution is 5.77. The molecule has 2 unspecified atom stereocenters. The van der Waals surface area contributed by atoms with E-state index < -0.39 is 0 Å². The van der Waals surface area contributed by atoms with Gasteiger partial charge in [0.05, 0.1) is 18.6 Å². The molecular formula is C36H48N2O. The van der Waals surface area contributed by atoms with Crippen LogP contribution >= 0.6 is 0 Å². The van der Waals surface area contributed by atoms with E-state index in [1.807, 2.05) is 32.0 Å². The molecule has 0 fully saturated rings. The van der Waals surface area contributed by atoms with Gasteiger partial charge in [-0.15, -0.1) is 0 Å². The fraction of sp³-hybridized carbons (Fsp3) is 0.444. The molecular weight excluding hydrogens is 476 g/mol. The molecule has 3 nitrogen and oxygen atoms in total. The van der Waals surface area contributed by atoms with Crippen LogP contribution in [0.1, 0.15) is 94.9 Å². The molecule has 208 valence electrons. The zero-order valence-electron chi connectivity index (χ0n) is 25.3. The zero-order valence-corrected chi connectivity index (χ0v) is 25.3. The topological polar surface area (TPSA) is 35.0 Å². The minimum absolute atomic E-state index is 0.161. The summed E-state index contributed by atoms with van der Waals surface area (Å²) in [6, 6.07) is 12.5. The number of ether oxygens (including phenoxy) is 1. The van der Waals surface area contributed by atoms with Gasteiger partial charge in [-0.2, -0.15) is 0 Å². The lowest BCUT2D eigenvalue weighted by Crippen LogP contribution is -2.23. The monoisotopic (exact) mass is 524 g/mol. The van der Waals surface area contributed by atoms with Crippen LogP contribution in [0.25, 0.3) is 5.57 Å². The smallest absolute Gasteiger partial charge is 0.0986 e. The Hall–Kier alpha value is -3.20. The van der Waals surface area contributed by atoms with Gasteiger partial charge >= 0.3 is 0 Å². The van der Waals surface area contributed by atoms with Gasteiger partial charge in [0.15, 0.2) is 0 Å². The van der Waals surface area contributed by atoms with Crippen molar-refractivity contribution in [2.24, 2.45) is 11.3 Å². The molecule has 2 aromatic heterocycles. The van der Waals surface area contributed by atoms with E-state index in [0.717, 1.165) is 72.5 Å². The summed E-state index contributed by atoms with van der Waals surface area (Å²) >= 11 is 0. The highest BCUT2D eigenvalue weighted by Crippen LogP contribution is 2.42. The van der Waals surface area contributed by atoms with Crippen LogP contribution in [0.15, 0.2) is 90.3 Å². The molecule has 1 aliphatic carbocycles. The molecule has 0 amide bonds. The number of hydrogen-bond donors (Lipinski definition) is 0. The number of nitrogens with zero attached hydrogens (tertiary/aromatic N) is 2. The van der Waals surface area contributed by atoms with Crippen molar-refractivity contribution in [2.45, 2.75) is 86.0 Å². The van der Waals surface area contributed by atoms with E-state index in [9.17, 15) is 0 Å². The SMILES string of the molecule is C=C(C)/C(=C\C=C(\OC)C(CC)CCC/C1=C/C=C\C(c2cccc(C)n2)C(C)(C)CC1)c1cccc(C)n1. The lowest BCUT2D eigenvalue weighted by Gasteiger charge is -2.34. The molecule has 2 heterocycles. The molecule has 2 atom stereocenters. The van der Waals surface area contributed by atoms with Gasteiger partial charge in [0.25, 0.3) is 0 Å². The summed E-state index contributed by atoms with van der Waals surface area (Å²) in [5, 5.41) is 0. The first-order valence-corrected chi connectivity index (χ1v) is 14.5. The average molecular weight is 525 g/mol. The van der Waals surface area contributed by atoms with Gasteiger partial charge in [-0.1, -0.05) is 63.3 Å². The lowest BCUT2D eigenvalue weighted by molar-refractivity contribution is 0.230. The Balaban J connectivity index is 1.68. The fourth-order valence-electron chi connectivity index (χ4n) is 5.53. The van der Waals surface area contributed by atoms with Crippen molar-refractivity contribution < 1.29 is 4.74 Å². The summed E-state index contributed by atoms with van der Waals surface area (Å²) in [7, 11) is 1.79. The standard InChI is InChI=1S/C36H48N2O/c1-9-30(35(39-8)23-22-31(26(2)3)33-20-10-14-27(4)37-33)18-12-16-29-17-13-19-32(36(6,7)25-24-29)34-21-11-15-28(5)38-34/h10-11,13-15,17,19-23,30,32H,2,9,12,16,18,24-25H2,1,3-8H3/b19-13-,29-17-,31-22+,35-23+. The van der Waals surface area contributed by atoms with Gasteiger partial charge in [0, 0.05) is 34.5 Å². The van der Waals surface area contributed by atoms with Crippen LogP contribution in [0.3, 0.4) is 0 Å². The first-order chi connectivity index (χ1) is 18.6. The van der Waals surface area contributed by atoms with Crippen LogP contribution in [-0.4, -0.2) is 17.1 Å². The Morgan fingerprint density at radius 3 is 2.46 bits per heavy atom. The Bertz CT molecular complexity index is 1240. The summed E-state index contributed by atoms with van der Waals surface area (Å²) in [6.45, 7) is 17.3. The quantitative estimate of drug-likeness (QED) is 0.217. The van der Waals surface area contributed by atoms with Crippen molar-refractivity contribution >= 4 is 5.57 Å². The van der Waals surface area contributed by atoms with Gasteiger partial charge in [-0.25, -0.2) is 0 Å². The third-order valence-electron chi connectivity index (χ3n) is 8.02. The Labute approximate surface area is 237 Å². The maximum Gasteiger partial charge on any atom is 0.0986 e. The van der Waals surface area contributed by atoms with Crippen molar-refractivity contribution in [3.05, 3.63) is 113 Å². The van der Waals surface area contributed by atoms with Gasteiger partial charge in [0.2, 0.25) is 0 Å². The third kappa shape index (κ3) is 8.65. The zero-order chi connectivity index (χ0) is 28.4. The number of allylic oxidation sites excluding steroid dienone is 9. The van der Waals surface area contributed by atoms with Crippen molar-refractivity contribution in [1.29, 1.82) is 0 Å². The van der Waals surface area contributed by atoms with E-state index in [2.05, 4.69) is 82.9 Å². The first-order valence-electron chi connectivity index (χ1n) is 14.5. The molecule has 0 saturated carbocycles. The molecule has 0 N–H and O–H groups in total. The Kier molecular flexibility index (Phi) is 11.1. The predicted molar refractivity (Wildman–Crippen MR) is 166 cm³/mol. The molecule has 0 aliphatic heterocycles. The largest absolute Gasteiger partial charge is 0.501 e. The van der Waals surface area contributed by atoms with E-state index >= 15 is 0 Å². The van der Waals surface area contributed by atoms with Crippen LogP contribution in [0.2, 0.25) is 0 Å². The van der Waals surface area contributed by atoms with Crippen LogP contribution < -0.4 is 0 Å². The molecule has 3 rings (SSSR count). The summed E-state index contributed by atoms with van der Waals surface area (Å²) in [5.74, 6) is 1.76. The lowest BCUT2D eigenvalue weighted by atomic mass is 9.71. The average Bonchev–Trinajstić information content (AvgIpc) is 2.89. The minimum Gasteiger partial charge on any atom is -0.501 e. The van der Waals surface area contributed by atoms with E-state index in [4.69, 9.17) is 14.7 Å². The van der Waals surface area contributed by atoms with E-state index in [1.165, 1.54) is 5.69 Å². The second-order valence-corrected chi connectivity index (χ2v) is 11.7. The number of pyridine rings is 2. The highest BCUT2D eigenvalue weighted by atomic mass is 16.5. The Morgan fingerprint density at radius 1 is 1.10 bits per heavy atom. The molecule has 0 aromatic carbocycles. The second-order valence-electron chi connectivity index (χ2n) is 11.7. The van der Waals surface area contributed by atoms with Crippen molar-refractivity contribution in [1.82, 2.24) is 9.97 Å². The van der Waals surface area contributed by atoms with Crippen LogP contribution in [0.5, 0.6) is 0 Å². The molecule has 0 bridgehead atoms. The van der Waals surface area contributed by atoms with Crippen molar-refractivity contribution in [2.75, 3.05) is 7.11 Å². The van der Waals surface area contributed by atoms with Crippen LogP contribution in [0.4, 0.5) is 0 Å². The van der Waals surface area contributed by atoms with Crippen LogP contribution in [0, 0.1) is 25.2 Å². The minimum atomic E-state index is 0.161. The summed E-state index contributed by atoms with van der Waals surface area (Å²) in [6.07, 6.45) is 18.0. The van der Waals surface area contributed by atoms with Crippen molar-refractivity contribution in [3.8, 4) is 0 Å². The van der Waals surface area contributed by atoms with Gasteiger partial charge < -0.3 is 4.74 Å². The predicted octanol–water partition coefficient (Wildman–Crippen LogP) is 9.87. The third-order valence-corrected chi connectivity index (χ3v) is 8.02. The molecule has 3 heteroatoms. The maximum absolute atomic E-state index is 5.90. The number of aryl methyl sites for hydroxylation is 2. The normalized spacial score (nSPS) is 20.8. The summed E-state index contributed by atoms with van der Waals surface area (Å²) in [5.41, 5.74) is 7.98. The molecule has 39 heavy (non-hydrogen) atoms. The maximum atomic E-state index is 5.90. The van der Waals surface area contributed by atoms with Gasteiger partial charge in [0.1, 0.15) is 0 Å². The van der Waals surface area contributed by atoms with Crippen molar-refractivity contribution in [3.63, 3.8) is 0 Å². The molecule has 0 radical (unpaired) electrons. The summed E-state index contributed by atoms with van der Waals surface area (Å²) < 4.78 is 5.90. The fourth-order valence-corrected chi connectivity index (χ4v) is 5.53. The van der Waals surface area contributed by atoms with E-state index in [0.29, 0.717) is 11.8 Å². The number of rotatable bonds is 11. The number of aromatic nitrogens is 2. The molecule has 2 aromatic rings. The summed E-state index contributed by atoms with van der Waals surface area (Å²) in [4.78, 5) is 9.54. The molecule has 0 spiro atoms. The second kappa shape index (κ2) is 14.3. The van der Waals surface area contributed by atoms with Gasteiger partial charge in [-0.05, 0) is 107 Å². The Morgan fingerprint density at radius 2 is 1.82 bits per heavy atom. The number of methoxy groups -OCH3 is 1. The highest BCUT2D eigenvalue weighted by Gasteiger charge is 2.30. The first kappa shape index (κ1) is 30.3. The molecule has 1 aliphatic rings. The van der Waals surface area contributed by atoms with Crippen LogP contribution in [-0.2, 0) is 4.74 Å². The van der Waals surface area contributed by atoms with E-state index in [-0.39, 0.29) is 5.41 Å². The molecule has 0 saturated heterocycles. The van der Waals surface area contributed by atoms with E-state index in [1.54, 1.807) is 12.7 Å². The number of hydrogen-bond acceptors (Lipinski definition) is 3. The van der Waals surface area contributed by atoms with Gasteiger partial charge in [-0.3, -0.25) is 9.97 Å².